The zero-order valence-corrected chi connectivity index (χ0v) is 19.0. The van der Waals surface area contributed by atoms with Crippen molar-refractivity contribution in [1.82, 2.24) is 9.88 Å². The van der Waals surface area contributed by atoms with Gasteiger partial charge in [0.2, 0.25) is 0 Å². The summed E-state index contributed by atoms with van der Waals surface area (Å²) in [5.41, 5.74) is 2.01. The first kappa shape index (κ1) is 22.3. The molecule has 1 aromatic carbocycles. The van der Waals surface area contributed by atoms with Crippen LogP contribution in [0.4, 0.5) is 10.6 Å². The fourth-order valence-corrected chi connectivity index (χ4v) is 3.94. The van der Waals surface area contributed by atoms with E-state index in [0.29, 0.717) is 11.9 Å². The Labute approximate surface area is 181 Å². The molecule has 2 atom stereocenters. The lowest BCUT2D eigenvalue weighted by molar-refractivity contribution is 0.0566. The molecule has 0 spiro atoms. The Morgan fingerprint density at radius 2 is 1.97 bits per heavy atom. The maximum atomic E-state index is 12.8. The topological polar surface area (TPSA) is 45.7 Å². The third-order valence-corrected chi connectivity index (χ3v) is 5.62. The SMILES string of the molecule is CC[C@H](C)N(C(=O)OC(C)(C)C)c1ccc([C@@H]2CCCN2Cc2ccccc2)cn1. The lowest BCUT2D eigenvalue weighted by Crippen LogP contribution is -2.42. The van der Waals surface area contributed by atoms with E-state index in [1.807, 2.05) is 40.0 Å². The summed E-state index contributed by atoms with van der Waals surface area (Å²) in [6.45, 7) is 11.8. The van der Waals surface area contributed by atoms with Gasteiger partial charge in [-0.2, -0.15) is 0 Å². The molecule has 0 N–H and O–H groups in total. The van der Waals surface area contributed by atoms with Crippen LogP contribution in [-0.4, -0.2) is 34.2 Å². The van der Waals surface area contributed by atoms with Crippen molar-refractivity contribution in [2.45, 2.75) is 78.1 Å². The molecule has 1 aromatic heterocycles. The number of nitrogens with zero attached hydrogens (tertiary/aromatic N) is 3. The number of pyridine rings is 1. The minimum Gasteiger partial charge on any atom is -0.443 e. The van der Waals surface area contributed by atoms with Crippen LogP contribution >= 0.6 is 0 Å². The summed E-state index contributed by atoms with van der Waals surface area (Å²) in [6.07, 6.45) is 4.74. The fraction of sp³-hybridized carbons (Fsp3) is 0.520. The third-order valence-electron chi connectivity index (χ3n) is 5.62. The van der Waals surface area contributed by atoms with Gasteiger partial charge in [-0.25, -0.2) is 9.78 Å². The lowest BCUT2D eigenvalue weighted by atomic mass is 10.1. The first-order valence-electron chi connectivity index (χ1n) is 11.0. The molecule has 1 fully saturated rings. The Balaban J connectivity index is 1.77. The second-order valence-electron chi connectivity index (χ2n) is 9.17. The van der Waals surface area contributed by atoms with E-state index in [2.05, 4.69) is 53.2 Å². The number of aromatic nitrogens is 1. The summed E-state index contributed by atoms with van der Waals surface area (Å²) in [4.78, 5) is 21.7. The minimum absolute atomic E-state index is 0.0132. The number of ether oxygens (including phenoxy) is 1. The summed E-state index contributed by atoms with van der Waals surface area (Å²) in [6, 6.07) is 15.1. The van der Waals surface area contributed by atoms with Crippen LogP contribution in [0.5, 0.6) is 0 Å². The number of amides is 1. The molecule has 0 saturated carbocycles. The van der Waals surface area contributed by atoms with Crippen LogP contribution in [-0.2, 0) is 11.3 Å². The van der Waals surface area contributed by atoms with Gasteiger partial charge in [0, 0.05) is 24.8 Å². The third kappa shape index (κ3) is 5.60. The number of hydrogen-bond donors (Lipinski definition) is 0. The molecule has 1 amide bonds. The average molecular weight is 410 g/mol. The maximum Gasteiger partial charge on any atom is 0.416 e. The van der Waals surface area contributed by atoms with E-state index in [4.69, 9.17) is 4.74 Å². The summed E-state index contributed by atoms with van der Waals surface area (Å²) in [7, 11) is 0. The summed E-state index contributed by atoms with van der Waals surface area (Å²) < 4.78 is 5.63. The number of carbonyl (C=O) groups excluding carboxylic acids is 1. The zero-order valence-electron chi connectivity index (χ0n) is 19.0. The van der Waals surface area contributed by atoms with Crippen molar-refractivity contribution in [1.29, 1.82) is 0 Å². The van der Waals surface area contributed by atoms with Gasteiger partial charge in [0.15, 0.2) is 0 Å². The molecule has 5 heteroatoms. The number of hydrogen-bond acceptors (Lipinski definition) is 4. The highest BCUT2D eigenvalue weighted by Gasteiger charge is 2.29. The van der Waals surface area contributed by atoms with Crippen LogP contribution < -0.4 is 4.90 Å². The molecule has 1 aliphatic rings. The lowest BCUT2D eigenvalue weighted by Gasteiger charge is -2.31. The maximum absolute atomic E-state index is 12.8. The molecular formula is C25H35N3O2. The van der Waals surface area contributed by atoms with Crippen LogP contribution in [0.15, 0.2) is 48.7 Å². The van der Waals surface area contributed by atoms with Gasteiger partial charge in [0.1, 0.15) is 11.4 Å². The predicted molar refractivity (Wildman–Crippen MR) is 122 cm³/mol. The molecule has 0 aliphatic carbocycles. The normalized spacial score (nSPS) is 18.2. The van der Waals surface area contributed by atoms with Gasteiger partial charge < -0.3 is 4.74 Å². The molecule has 2 heterocycles. The number of anilines is 1. The Kier molecular flexibility index (Phi) is 7.14. The Bertz CT molecular complexity index is 815. The first-order valence-corrected chi connectivity index (χ1v) is 11.0. The van der Waals surface area contributed by atoms with Crippen LogP contribution in [0.25, 0.3) is 0 Å². The molecule has 5 nitrogen and oxygen atoms in total. The minimum atomic E-state index is -0.537. The van der Waals surface area contributed by atoms with E-state index >= 15 is 0 Å². The van der Waals surface area contributed by atoms with Crippen molar-refractivity contribution in [2.75, 3.05) is 11.4 Å². The molecule has 2 aromatic rings. The summed E-state index contributed by atoms with van der Waals surface area (Å²) in [5, 5.41) is 0. The predicted octanol–water partition coefficient (Wildman–Crippen LogP) is 5.96. The highest BCUT2D eigenvalue weighted by molar-refractivity contribution is 5.87. The molecule has 0 bridgehead atoms. The monoisotopic (exact) mass is 409 g/mol. The first-order chi connectivity index (χ1) is 14.3. The standard InChI is InChI=1S/C25H35N3O2/c1-6-19(2)28(24(29)30-25(3,4)5)23-15-14-21(17-26-23)22-13-10-16-27(22)18-20-11-8-7-9-12-20/h7-9,11-12,14-15,17,19,22H,6,10,13,16,18H2,1-5H3/t19-,22-/m0/s1. The van der Waals surface area contributed by atoms with E-state index in [1.165, 1.54) is 17.5 Å². The van der Waals surface area contributed by atoms with Gasteiger partial charge in [0.05, 0.1) is 0 Å². The van der Waals surface area contributed by atoms with E-state index in [-0.39, 0.29) is 12.1 Å². The van der Waals surface area contributed by atoms with Crippen LogP contribution in [0.3, 0.4) is 0 Å². The number of benzene rings is 1. The van der Waals surface area contributed by atoms with Gasteiger partial charge in [-0.1, -0.05) is 43.3 Å². The molecule has 3 rings (SSSR count). The van der Waals surface area contributed by atoms with Crippen LogP contribution in [0.2, 0.25) is 0 Å². The van der Waals surface area contributed by atoms with Crippen LogP contribution in [0.1, 0.15) is 71.0 Å². The summed E-state index contributed by atoms with van der Waals surface area (Å²) in [5.74, 6) is 0.648. The van der Waals surface area contributed by atoms with Crippen LogP contribution in [0, 0.1) is 0 Å². The van der Waals surface area contributed by atoms with Gasteiger partial charge in [-0.15, -0.1) is 0 Å². The van der Waals surface area contributed by atoms with Crippen molar-refractivity contribution in [2.24, 2.45) is 0 Å². The highest BCUT2D eigenvalue weighted by Crippen LogP contribution is 2.33. The van der Waals surface area contributed by atoms with E-state index in [0.717, 1.165) is 25.9 Å². The molecule has 1 saturated heterocycles. The Hall–Kier alpha value is -2.40. The molecule has 1 aliphatic heterocycles. The molecule has 30 heavy (non-hydrogen) atoms. The van der Waals surface area contributed by atoms with Crippen molar-refractivity contribution >= 4 is 11.9 Å². The number of rotatable bonds is 6. The van der Waals surface area contributed by atoms with Crippen molar-refractivity contribution in [3.05, 3.63) is 59.8 Å². The molecule has 162 valence electrons. The quantitative estimate of drug-likeness (QED) is 0.591. The number of likely N-dealkylation sites (tertiary alicyclic amines) is 1. The molecular weight excluding hydrogens is 374 g/mol. The van der Waals surface area contributed by atoms with Crippen molar-refractivity contribution in [3.63, 3.8) is 0 Å². The molecule has 0 unspecified atom stereocenters. The molecule has 0 radical (unpaired) electrons. The van der Waals surface area contributed by atoms with E-state index < -0.39 is 5.60 Å². The Morgan fingerprint density at radius 1 is 1.23 bits per heavy atom. The second kappa shape index (κ2) is 9.61. The fourth-order valence-electron chi connectivity index (χ4n) is 3.94. The summed E-state index contributed by atoms with van der Waals surface area (Å²) >= 11 is 0. The highest BCUT2D eigenvalue weighted by atomic mass is 16.6. The smallest absolute Gasteiger partial charge is 0.416 e. The van der Waals surface area contributed by atoms with E-state index in [1.54, 1.807) is 4.90 Å². The van der Waals surface area contributed by atoms with Gasteiger partial charge in [0.25, 0.3) is 0 Å². The second-order valence-corrected chi connectivity index (χ2v) is 9.17. The largest absolute Gasteiger partial charge is 0.443 e. The van der Waals surface area contributed by atoms with Crippen molar-refractivity contribution in [3.8, 4) is 0 Å². The van der Waals surface area contributed by atoms with Gasteiger partial charge in [-0.05, 0) is 70.7 Å². The van der Waals surface area contributed by atoms with E-state index in [9.17, 15) is 4.79 Å². The van der Waals surface area contributed by atoms with Gasteiger partial charge in [-0.3, -0.25) is 9.80 Å². The average Bonchev–Trinajstić information content (AvgIpc) is 3.16. The van der Waals surface area contributed by atoms with Crippen molar-refractivity contribution < 1.29 is 9.53 Å². The zero-order chi connectivity index (χ0) is 21.7. The number of carbonyl (C=O) groups is 1. The van der Waals surface area contributed by atoms with Gasteiger partial charge >= 0.3 is 6.09 Å². The Morgan fingerprint density at radius 3 is 2.57 bits per heavy atom.